The van der Waals surface area contributed by atoms with Gasteiger partial charge in [-0.2, -0.15) is 5.26 Å². The number of carbonyl (C=O) groups excluding carboxylic acids is 1. The molecule has 0 radical (unpaired) electrons. The van der Waals surface area contributed by atoms with Crippen molar-refractivity contribution in [1.82, 2.24) is 15.5 Å². The first-order chi connectivity index (χ1) is 17.4. The van der Waals surface area contributed by atoms with Gasteiger partial charge < -0.3 is 25.4 Å². The highest BCUT2D eigenvalue weighted by Crippen LogP contribution is 2.33. The third kappa shape index (κ3) is 10.5. The molecule has 7 nitrogen and oxygen atoms in total. The zero-order valence-electron chi connectivity index (χ0n) is 22.7. The van der Waals surface area contributed by atoms with Crippen LogP contribution in [0.5, 0.6) is 0 Å². The van der Waals surface area contributed by atoms with Crippen molar-refractivity contribution < 1.29 is 14.6 Å². The van der Waals surface area contributed by atoms with Crippen LogP contribution in [0.1, 0.15) is 88.2 Å². The number of likely N-dealkylation sites (N-methyl/N-ethyl adjacent to an activating group) is 1. The molecule has 1 aromatic carbocycles. The van der Waals surface area contributed by atoms with Crippen molar-refractivity contribution in [2.75, 3.05) is 40.9 Å². The molecule has 0 bridgehead atoms. The number of nitrogens with one attached hydrogen (secondary N) is 2. The molecule has 1 fully saturated rings. The van der Waals surface area contributed by atoms with Crippen LogP contribution >= 0.6 is 0 Å². The Morgan fingerprint density at radius 1 is 1.22 bits per heavy atom. The summed E-state index contributed by atoms with van der Waals surface area (Å²) in [6, 6.07) is 9.60. The van der Waals surface area contributed by atoms with Crippen LogP contribution in [-0.2, 0) is 10.3 Å². The van der Waals surface area contributed by atoms with Crippen molar-refractivity contribution in [2.24, 2.45) is 5.92 Å². The maximum atomic E-state index is 12.9. The summed E-state index contributed by atoms with van der Waals surface area (Å²) in [4.78, 5) is 14.6. The number of ether oxygens (including phenoxy) is 1. The lowest BCUT2D eigenvalue weighted by Crippen LogP contribution is -2.47. The maximum absolute atomic E-state index is 12.9. The summed E-state index contributed by atoms with van der Waals surface area (Å²) in [6.07, 6.45) is 12.1. The Hall–Kier alpha value is -2.14. The Morgan fingerprint density at radius 3 is 2.61 bits per heavy atom. The summed E-state index contributed by atoms with van der Waals surface area (Å²) >= 11 is 0. The van der Waals surface area contributed by atoms with E-state index in [0.717, 1.165) is 44.2 Å². The van der Waals surface area contributed by atoms with Crippen molar-refractivity contribution >= 4 is 6.03 Å². The molecule has 0 aliphatic heterocycles. The van der Waals surface area contributed by atoms with Gasteiger partial charge in [0, 0.05) is 39.9 Å². The van der Waals surface area contributed by atoms with E-state index in [0.29, 0.717) is 37.5 Å². The fraction of sp³-hybridized carbons (Fsp3) is 0.724. The quantitative estimate of drug-likeness (QED) is 0.280. The smallest absolute Gasteiger partial charge is 0.317 e. The first-order valence-corrected chi connectivity index (χ1v) is 13.8. The second kappa shape index (κ2) is 16.6. The van der Waals surface area contributed by atoms with E-state index in [4.69, 9.17) is 4.74 Å². The number of hydrogen-bond donors (Lipinski definition) is 3. The fourth-order valence-electron chi connectivity index (χ4n) is 5.37. The lowest BCUT2D eigenvalue weighted by atomic mass is 9.83. The van der Waals surface area contributed by atoms with E-state index in [2.05, 4.69) is 16.7 Å². The van der Waals surface area contributed by atoms with Crippen LogP contribution in [0.2, 0.25) is 0 Å². The molecule has 1 aliphatic rings. The Morgan fingerprint density at radius 2 is 1.94 bits per heavy atom. The maximum Gasteiger partial charge on any atom is 0.317 e. The summed E-state index contributed by atoms with van der Waals surface area (Å²) in [6.45, 7) is 2.09. The Balaban J connectivity index is 1.86. The molecule has 3 N–H and O–H groups in total. The summed E-state index contributed by atoms with van der Waals surface area (Å²) in [5, 5.41) is 27.3. The van der Waals surface area contributed by atoms with E-state index in [-0.39, 0.29) is 12.1 Å². The average molecular weight is 501 g/mol. The minimum absolute atomic E-state index is 0.0254. The highest BCUT2D eigenvalue weighted by molar-refractivity contribution is 5.74. The molecule has 2 amide bonds. The van der Waals surface area contributed by atoms with Crippen LogP contribution in [0.25, 0.3) is 0 Å². The van der Waals surface area contributed by atoms with E-state index in [9.17, 15) is 15.2 Å². The van der Waals surface area contributed by atoms with Gasteiger partial charge in [-0.05, 0) is 75.6 Å². The summed E-state index contributed by atoms with van der Waals surface area (Å²) in [7, 11) is 5.47. The molecule has 0 heterocycles. The van der Waals surface area contributed by atoms with Gasteiger partial charge in [-0.15, -0.1) is 0 Å². The zero-order valence-corrected chi connectivity index (χ0v) is 22.7. The van der Waals surface area contributed by atoms with Gasteiger partial charge in [-0.25, -0.2) is 4.79 Å². The molecular formula is C29H48N4O3. The van der Waals surface area contributed by atoms with Crippen LogP contribution in [0.3, 0.4) is 0 Å². The molecule has 1 saturated carbocycles. The molecule has 0 saturated heterocycles. The standard InChI is InChI=1S/C29H48N4O3/c1-31-23-27(21-24-12-5-4-6-13-24)32-28(34)33(2)18-9-7-16-29(35,17-8-10-19-36-3)26-15-11-14-25(20-26)22-30/h11,14-15,20,24,27,31,35H,4-10,12-13,16-19,21,23H2,1-3H3,(H,32,34)/t27-,29+/m0/s1. The van der Waals surface area contributed by atoms with Crippen LogP contribution in [0, 0.1) is 17.2 Å². The van der Waals surface area contributed by atoms with Gasteiger partial charge in [0.2, 0.25) is 0 Å². The van der Waals surface area contributed by atoms with Crippen molar-refractivity contribution in [1.29, 1.82) is 5.26 Å². The van der Waals surface area contributed by atoms with E-state index in [1.54, 1.807) is 24.1 Å². The van der Waals surface area contributed by atoms with Gasteiger partial charge in [0.05, 0.1) is 17.2 Å². The third-order valence-corrected chi connectivity index (χ3v) is 7.52. The zero-order chi connectivity index (χ0) is 26.2. The Bertz CT molecular complexity index is 806. The van der Waals surface area contributed by atoms with Crippen molar-refractivity contribution in [3.8, 4) is 6.07 Å². The summed E-state index contributed by atoms with van der Waals surface area (Å²) in [5.41, 5.74) is 0.366. The lowest BCUT2D eigenvalue weighted by molar-refractivity contribution is 0.0116. The SMILES string of the molecule is CNC[C@H](CC1CCCCC1)NC(=O)N(C)CCCC[C@@](O)(CCCCOC)c1cccc(C#N)c1. The van der Waals surface area contributed by atoms with Crippen LogP contribution in [-0.4, -0.2) is 63.0 Å². The number of amides is 2. The largest absolute Gasteiger partial charge is 0.385 e. The number of nitrogens with zero attached hydrogens (tertiary/aromatic N) is 2. The molecule has 202 valence electrons. The van der Waals surface area contributed by atoms with E-state index in [1.165, 1.54) is 32.1 Å². The fourth-order valence-corrected chi connectivity index (χ4v) is 5.37. The van der Waals surface area contributed by atoms with Gasteiger partial charge >= 0.3 is 6.03 Å². The number of methoxy groups -OCH3 is 1. The molecule has 7 heteroatoms. The van der Waals surface area contributed by atoms with E-state index >= 15 is 0 Å². The Kier molecular flexibility index (Phi) is 13.9. The predicted octanol–water partition coefficient (Wildman–Crippen LogP) is 4.93. The van der Waals surface area contributed by atoms with Crippen LogP contribution in [0.4, 0.5) is 4.79 Å². The van der Waals surface area contributed by atoms with Crippen LogP contribution in [0.15, 0.2) is 24.3 Å². The Labute approximate surface area is 218 Å². The number of carbonyl (C=O) groups is 1. The number of hydrogen-bond acceptors (Lipinski definition) is 5. The molecule has 0 aromatic heterocycles. The minimum Gasteiger partial charge on any atom is -0.385 e. The number of urea groups is 1. The van der Waals surface area contributed by atoms with Crippen molar-refractivity contribution in [3.05, 3.63) is 35.4 Å². The second-order valence-corrected chi connectivity index (χ2v) is 10.5. The minimum atomic E-state index is -0.987. The van der Waals surface area contributed by atoms with Gasteiger partial charge in [0.15, 0.2) is 0 Å². The first kappa shape index (κ1) is 30.1. The van der Waals surface area contributed by atoms with Crippen molar-refractivity contribution in [3.63, 3.8) is 0 Å². The molecule has 1 aliphatic carbocycles. The van der Waals surface area contributed by atoms with Gasteiger partial charge in [0.1, 0.15) is 0 Å². The number of aliphatic hydroxyl groups is 1. The topological polar surface area (TPSA) is 97.6 Å². The molecular weight excluding hydrogens is 452 g/mol. The normalized spacial score (nSPS) is 16.6. The first-order valence-electron chi connectivity index (χ1n) is 13.8. The predicted molar refractivity (Wildman–Crippen MR) is 145 cm³/mol. The van der Waals surface area contributed by atoms with E-state index < -0.39 is 5.60 Å². The number of benzene rings is 1. The molecule has 0 unspecified atom stereocenters. The molecule has 2 rings (SSSR count). The lowest BCUT2D eigenvalue weighted by Gasteiger charge is -2.30. The average Bonchev–Trinajstić information content (AvgIpc) is 2.89. The monoisotopic (exact) mass is 500 g/mol. The van der Waals surface area contributed by atoms with Crippen molar-refractivity contribution in [2.45, 2.75) is 88.7 Å². The summed E-state index contributed by atoms with van der Waals surface area (Å²) < 4.78 is 5.16. The van der Waals surface area contributed by atoms with Gasteiger partial charge in [-0.1, -0.05) is 44.2 Å². The summed E-state index contributed by atoms with van der Waals surface area (Å²) in [5.74, 6) is 0.712. The second-order valence-electron chi connectivity index (χ2n) is 10.5. The molecule has 36 heavy (non-hydrogen) atoms. The molecule has 2 atom stereocenters. The highest BCUT2D eigenvalue weighted by atomic mass is 16.5. The highest BCUT2D eigenvalue weighted by Gasteiger charge is 2.29. The number of rotatable bonds is 16. The number of nitriles is 1. The van der Waals surface area contributed by atoms with Crippen LogP contribution < -0.4 is 10.6 Å². The van der Waals surface area contributed by atoms with Gasteiger partial charge in [-0.3, -0.25) is 0 Å². The number of unbranched alkanes of at least 4 members (excludes halogenated alkanes) is 2. The molecule has 0 spiro atoms. The molecule has 1 aromatic rings. The van der Waals surface area contributed by atoms with Gasteiger partial charge in [0.25, 0.3) is 0 Å². The third-order valence-electron chi connectivity index (χ3n) is 7.52. The van der Waals surface area contributed by atoms with E-state index in [1.807, 2.05) is 26.2 Å².